The minimum atomic E-state index is -0.0155. The van der Waals surface area contributed by atoms with Crippen LogP contribution >= 0.6 is 0 Å². The quantitative estimate of drug-likeness (QED) is 0.778. The highest BCUT2D eigenvalue weighted by atomic mass is 16.5. The summed E-state index contributed by atoms with van der Waals surface area (Å²) in [5.74, 6) is 0.785. The summed E-state index contributed by atoms with van der Waals surface area (Å²) in [6.45, 7) is 3.84. The fourth-order valence-corrected chi connectivity index (χ4v) is 1.99. The van der Waals surface area contributed by atoms with Gasteiger partial charge < -0.3 is 4.74 Å². The molecule has 0 aliphatic carbocycles. The zero-order valence-electron chi connectivity index (χ0n) is 11.0. The molecule has 0 bridgehead atoms. The van der Waals surface area contributed by atoms with Gasteiger partial charge in [-0.05, 0) is 43.2 Å². The van der Waals surface area contributed by atoms with Gasteiger partial charge >= 0.3 is 0 Å². The number of methoxy groups -OCH3 is 1. The Bertz CT molecular complexity index is 600. The van der Waals surface area contributed by atoms with Crippen LogP contribution in [0.3, 0.4) is 0 Å². The van der Waals surface area contributed by atoms with Crippen molar-refractivity contribution in [2.24, 2.45) is 7.05 Å². The van der Waals surface area contributed by atoms with E-state index in [1.165, 1.54) is 0 Å². The Balaban J connectivity index is 2.49. The molecule has 1 aromatic heterocycles. The molecule has 18 heavy (non-hydrogen) atoms. The lowest BCUT2D eigenvalue weighted by molar-refractivity contribution is 0.102. The first-order chi connectivity index (χ1) is 8.54. The normalized spacial score (nSPS) is 10.4. The van der Waals surface area contributed by atoms with E-state index in [4.69, 9.17) is 4.74 Å². The van der Waals surface area contributed by atoms with Gasteiger partial charge in [0.15, 0.2) is 0 Å². The Morgan fingerprint density at radius 1 is 1.28 bits per heavy atom. The van der Waals surface area contributed by atoms with Crippen molar-refractivity contribution in [2.45, 2.75) is 13.8 Å². The van der Waals surface area contributed by atoms with Crippen LogP contribution in [0.15, 0.2) is 24.4 Å². The summed E-state index contributed by atoms with van der Waals surface area (Å²) >= 11 is 0. The first-order valence-corrected chi connectivity index (χ1v) is 5.72. The third-order valence-corrected chi connectivity index (χ3v) is 3.04. The van der Waals surface area contributed by atoms with Crippen molar-refractivity contribution >= 4 is 5.78 Å². The highest BCUT2D eigenvalue weighted by Gasteiger charge is 2.16. The van der Waals surface area contributed by atoms with E-state index in [2.05, 4.69) is 5.10 Å². The summed E-state index contributed by atoms with van der Waals surface area (Å²) in [6.07, 6.45) is 1.62. The van der Waals surface area contributed by atoms with Crippen LogP contribution in [0.1, 0.15) is 27.2 Å². The zero-order valence-corrected chi connectivity index (χ0v) is 11.0. The molecule has 0 spiro atoms. The van der Waals surface area contributed by atoms with Crippen LogP contribution in [0.4, 0.5) is 0 Å². The number of nitrogens with zero attached hydrogens (tertiary/aromatic N) is 2. The second kappa shape index (κ2) is 4.64. The Hall–Kier alpha value is -2.10. The molecule has 4 nitrogen and oxygen atoms in total. The van der Waals surface area contributed by atoms with Crippen molar-refractivity contribution < 1.29 is 9.53 Å². The average molecular weight is 244 g/mol. The maximum absolute atomic E-state index is 12.4. The topological polar surface area (TPSA) is 44.1 Å². The number of carbonyl (C=O) groups excluding carboxylic acids is 1. The van der Waals surface area contributed by atoms with Gasteiger partial charge in [-0.15, -0.1) is 0 Å². The second-order valence-electron chi connectivity index (χ2n) is 4.31. The molecule has 94 valence electrons. The standard InChI is InChI=1S/C14H16N2O2/c1-9-8-13(18-4)10(2)7-11(9)14(17)12-5-6-15-16(12)3/h5-8H,1-4H3. The Morgan fingerprint density at radius 3 is 2.56 bits per heavy atom. The van der Waals surface area contributed by atoms with E-state index in [1.54, 1.807) is 31.1 Å². The summed E-state index contributed by atoms with van der Waals surface area (Å²) in [7, 11) is 3.39. The lowest BCUT2D eigenvalue weighted by Gasteiger charge is -2.10. The molecule has 0 unspecified atom stereocenters. The lowest BCUT2D eigenvalue weighted by atomic mass is 9.99. The third kappa shape index (κ3) is 2.01. The summed E-state index contributed by atoms with van der Waals surface area (Å²) < 4.78 is 6.83. The van der Waals surface area contributed by atoms with Gasteiger partial charge in [0.1, 0.15) is 11.4 Å². The van der Waals surface area contributed by atoms with Crippen LogP contribution in [0.2, 0.25) is 0 Å². The largest absolute Gasteiger partial charge is 0.496 e. The molecular weight excluding hydrogens is 228 g/mol. The van der Waals surface area contributed by atoms with Crippen LogP contribution in [0, 0.1) is 13.8 Å². The zero-order chi connectivity index (χ0) is 13.3. The molecule has 2 aromatic rings. The predicted molar refractivity (Wildman–Crippen MR) is 69.1 cm³/mol. The Morgan fingerprint density at radius 2 is 2.00 bits per heavy atom. The van der Waals surface area contributed by atoms with Gasteiger partial charge in [0.2, 0.25) is 5.78 Å². The molecule has 0 amide bonds. The number of benzene rings is 1. The first-order valence-electron chi connectivity index (χ1n) is 5.72. The predicted octanol–water partition coefficient (Wildman–Crippen LogP) is 2.28. The average Bonchev–Trinajstić information content (AvgIpc) is 2.77. The fourth-order valence-electron chi connectivity index (χ4n) is 1.99. The smallest absolute Gasteiger partial charge is 0.211 e. The van der Waals surface area contributed by atoms with E-state index in [-0.39, 0.29) is 5.78 Å². The minimum absolute atomic E-state index is 0.0155. The SMILES string of the molecule is COc1cc(C)c(C(=O)c2ccnn2C)cc1C. The molecule has 0 saturated carbocycles. The van der Waals surface area contributed by atoms with Crippen LogP contribution in [0.25, 0.3) is 0 Å². The molecule has 4 heteroatoms. The van der Waals surface area contributed by atoms with Gasteiger partial charge in [0.05, 0.1) is 7.11 Å². The van der Waals surface area contributed by atoms with Crippen molar-refractivity contribution in [1.29, 1.82) is 0 Å². The monoisotopic (exact) mass is 244 g/mol. The van der Waals surface area contributed by atoms with Crippen molar-refractivity contribution in [2.75, 3.05) is 7.11 Å². The van der Waals surface area contributed by atoms with Gasteiger partial charge in [0, 0.05) is 18.8 Å². The van der Waals surface area contributed by atoms with Crippen molar-refractivity contribution in [1.82, 2.24) is 9.78 Å². The van der Waals surface area contributed by atoms with E-state index in [0.717, 1.165) is 16.9 Å². The van der Waals surface area contributed by atoms with Gasteiger partial charge in [-0.1, -0.05) is 0 Å². The van der Waals surface area contributed by atoms with E-state index in [9.17, 15) is 4.79 Å². The number of hydrogen-bond acceptors (Lipinski definition) is 3. The van der Waals surface area contributed by atoms with Crippen LogP contribution < -0.4 is 4.74 Å². The molecule has 0 aliphatic heterocycles. The van der Waals surface area contributed by atoms with E-state index < -0.39 is 0 Å². The minimum Gasteiger partial charge on any atom is -0.496 e. The maximum atomic E-state index is 12.4. The van der Waals surface area contributed by atoms with Crippen LogP contribution in [-0.2, 0) is 7.05 Å². The highest BCUT2D eigenvalue weighted by Crippen LogP contribution is 2.24. The lowest BCUT2D eigenvalue weighted by Crippen LogP contribution is -2.10. The van der Waals surface area contributed by atoms with E-state index in [1.807, 2.05) is 26.0 Å². The van der Waals surface area contributed by atoms with Crippen LogP contribution in [-0.4, -0.2) is 22.7 Å². The third-order valence-electron chi connectivity index (χ3n) is 3.04. The molecule has 2 rings (SSSR count). The first kappa shape index (κ1) is 12.4. The number of hydrogen-bond donors (Lipinski definition) is 0. The Kier molecular flexibility index (Phi) is 3.19. The summed E-state index contributed by atoms with van der Waals surface area (Å²) in [5, 5.41) is 4.02. The number of ether oxygens (including phenoxy) is 1. The molecule has 0 aliphatic rings. The number of aromatic nitrogens is 2. The summed E-state index contributed by atoms with van der Waals surface area (Å²) in [6, 6.07) is 5.48. The maximum Gasteiger partial charge on any atom is 0.211 e. The molecule has 0 N–H and O–H groups in total. The highest BCUT2D eigenvalue weighted by molar-refractivity contribution is 6.09. The molecule has 0 radical (unpaired) electrons. The van der Waals surface area contributed by atoms with Crippen molar-refractivity contribution in [3.63, 3.8) is 0 Å². The molecular formula is C14H16N2O2. The number of rotatable bonds is 3. The van der Waals surface area contributed by atoms with E-state index in [0.29, 0.717) is 11.3 Å². The van der Waals surface area contributed by atoms with Crippen molar-refractivity contribution in [3.05, 3.63) is 46.8 Å². The number of carbonyl (C=O) groups is 1. The number of aryl methyl sites for hydroxylation is 3. The number of ketones is 1. The van der Waals surface area contributed by atoms with Crippen molar-refractivity contribution in [3.8, 4) is 5.75 Å². The molecule has 1 aromatic carbocycles. The molecule has 1 heterocycles. The Labute approximate surface area is 106 Å². The molecule has 0 atom stereocenters. The van der Waals surface area contributed by atoms with E-state index >= 15 is 0 Å². The molecule has 0 saturated heterocycles. The summed E-state index contributed by atoms with van der Waals surface area (Å²) in [4.78, 5) is 12.4. The van der Waals surface area contributed by atoms with Gasteiger partial charge in [-0.2, -0.15) is 5.10 Å². The van der Waals surface area contributed by atoms with Gasteiger partial charge in [-0.3, -0.25) is 9.48 Å². The fraction of sp³-hybridized carbons (Fsp3) is 0.286. The second-order valence-corrected chi connectivity index (χ2v) is 4.31. The van der Waals surface area contributed by atoms with Gasteiger partial charge in [0.25, 0.3) is 0 Å². The van der Waals surface area contributed by atoms with Crippen LogP contribution in [0.5, 0.6) is 5.75 Å². The van der Waals surface area contributed by atoms with Gasteiger partial charge in [-0.25, -0.2) is 0 Å². The molecule has 0 fully saturated rings. The summed E-state index contributed by atoms with van der Waals surface area (Å²) in [5.41, 5.74) is 3.14.